The fourth-order valence-electron chi connectivity index (χ4n) is 1.79. The second-order valence-electron chi connectivity index (χ2n) is 3.73. The Hall–Kier alpha value is 1.05. The van der Waals surface area contributed by atoms with Gasteiger partial charge in [-0.15, -0.1) is 0 Å². The van der Waals surface area contributed by atoms with Crippen molar-refractivity contribution in [3.63, 3.8) is 0 Å². The summed E-state index contributed by atoms with van der Waals surface area (Å²) in [5.74, 6) is 0. The molecule has 0 unspecified atom stereocenters. The summed E-state index contributed by atoms with van der Waals surface area (Å²) in [6, 6.07) is 0. The summed E-state index contributed by atoms with van der Waals surface area (Å²) < 4.78 is 0. The quantitative estimate of drug-likeness (QED) is 0.538. The molecule has 0 rings (SSSR count). The first-order valence-electron chi connectivity index (χ1n) is 4.24. The molecule has 71 valence electrons. The van der Waals surface area contributed by atoms with Gasteiger partial charge >= 0.3 is 0 Å². The van der Waals surface area contributed by atoms with Crippen molar-refractivity contribution in [2.75, 3.05) is 0 Å². The number of hydrogen-bond donors (Lipinski definition) is 0. The van der Waals surface area contributed by atoms with Gasteiger partial charge in [-0.2, -0.15) is 0 Å². The van der Waals surface area contributed by atoms with Crippen molar-refractivity contribution in [2.24, 2.45) is 0 Å². The van der Waals surface area contributed by atoms with Crippen LogP contribution in [-0.4, -0.2) is 17.0 Å². The molecule has 0 atom stereocenters. The van der Waals surface area contributed by atoms with Gasteiger partial charge in [-0.05, 0) is 17.0 Å². The van der Waals surface area contributed by atoms with Crippen LogP contribution in [0.25, 0.3) is 0 Å². The van der Waals surface area contributed by atoms with E-state index < -0.39 is 0 Å². The van der Waals surface area contributed by atoms with E-state index in [9.17, 15) is 0 Å². The smallest absolute Gasteiger partial charge is 0 e. The van der Waals surface area contributed by atoms with Crippen LogP contribution in [0, 0.1) is 0 Å². The summed E-state index contributed by atoms with van der Waals surface area (Å²) in [5.41, 5.74) is 2.69. The Morgan fingerprint density at radius 2 is 0.818 bits per heavy atom. The van der Waals surface area contributed by atoms with E-state index in [1.165, 1.54) is 0 Å². The van der Waals surface area contributed by atoms with E-state index in [2.05, 4.69) is 41.5 Å². The molecule has 0 aliphatic heterocycles. The van der Waals surface area contributed by atoms with Crippen molar-refractivity contribution in [1.29, 1.82) is 0 Å². The number of hydrogen-bond acceptors (Lipinski definition) is 0. The van der Waals surface area contributed by atoms with Crippen LogP contribution in [0.3, 0.4) is 0 Å². The van der Waals surface area contributed by atoms with Crippen LogP contribution in [0.5, 0.6) is 0 Å². The van der Waals surface area contributed by atoms with Crippen LogP contribution in [-0.2, 0) is 19.5 Å². The molecule has 0 nitrogen and oxygen atoms in total. The van der Waals surface area contributed by atoms with E-state index in [0.717, 1.165) is 17.0 Å². The molecule has 1 radical (unpaired) electrons. The van der Waals surface area contributed by atoms with Crippen LogP contribution in [0.2, 0.25) is 0 Å². The third-order valence-corrected chi connectivity index (χ3v) is 5.37. The standard InChI is InChI=1S/C9H21P.Rh/c1-7(2)10(8(3)4)9(5)6;/h7-9H,1-6H3;. The maximum atomic E-state index is 2.35. The zero-order chi connectivity index (χ0) is 8.31. The molecule has 2 heteroatoms. The van der Waals surface area contributed by atoms with Crippen molar-refractivity contribution in [3.05, 3.63) is 0 Å². The van der Waals surface area contributed by atoms with Crippen molar-refractivity contribution < 1.29 is 19.5 Å². The predicted octanol–water partition coefficient (Wildman–Crippen LogP) is 3.69. The average molecular weight is 263 g/mol. The van der Waals surface area contributed by atoms with Gasteiger partial charge in [0.25, 0.3) is 0 Å². The minimum Gasteiger partial charge on any atom is -0.0988 e. The zero-order valence-electron chi connectivity index (χ0n) is 8.51. The first-order chi connectivity index (χ1) is 4.46. The molecule has 0 saturated carbocycles. The Bertz CT molecular complexity index is 70.5. The Morgan fingerprint density at radius 3 is 0.818 bits per heavy atom. The van der Waals surface area contributed by atoms with E-state index in [0.29, 0.717) is 0 Å². The van der Waals surface area contributed by atoms with Gasteiger partial charge < -0.3 is 0 Å². The predicted molar refractivity (Wildman–Crippen MR) is 52.3 cm³/mol. The third-order valence-electron chi connectivity index (χ3n) is 1.79. The molecular formula is C9H21PRh. The summed E-state index contributed by atoms with van der Waals surface area (Å²) in [6.07, 6.45) is 0. The van der Waals surface area contributed by atoms with Crippen molar-refractivity contribution >= 4 is 7.92 Å². The molecule has 0 bridgehead atoms. The van der Waals surface area contributed by atoms with Crippen molar-refractivity contribution in [1.82, 2.24) is 0 Å². The second-order valence-corrected chi connectivity index (χ2v) is 7.72. The zero-order valence-corrected chi connectivity index (χ0v) is 11.0. The molecule has 0 aromatic carbocycles. The molecule has 0 aromatic rings. The van der Waals surface area contributed by atoms with Gasteiger partial charge in [0.1, 0.15) is 0 Å². The molecule has 0 heterocycles. The first-order valence-corrected chi connectivity index (χ1v) is 5.79. The molecule has 0 N–H and O–H groups in total. The largest absolute Gasteiger partial charge is 0.0988 e. The van der Waals surface area contributed by atoms with Crippen LogP contribution < -0.4 is 0 Å². The Labute approximate surface area is 86.0 Å². The second kappa shape index (κ2) is 6.56. The fraction of sp³-hybridized carbons (Fsp3) is 1.00. The molecular weight excluding hydrogens is 242 g/mol. The Balaban J connectivity index is 0. The summed E-state index contributed by atoms with van der Waals surface area (Å²) in [4.78, 5) is 0. The molecule has 0 aliphatic carbocycles. The maximum Gasteiger partial charge on any atom is 0 e. The van der Waals surface area contributed by atoms with E-state index in [1.807, 2.05) is 0 Å². The number of rotatable bonds is 3. The molecule has 0 saturated heterocycles. The van der Waals surface area contributed by atoms with Gasteiger partial charge in [-0.3, -0.25) is 0 Å². The van der Waals surface area contributed by atoms with Crippen LogP contribution in [0.1, 0.15) is 41.5 Å². The SMILES string of the molecule is CC(C)P(C(C)C)C(C)C.[Rh]. The topological polar surface area (TPSA) is 0 Å². The third kappa shape index (κ3) is 5.32. The Morgan fingerprint density at radius 1 is 0.636 bits per heavy atom. The van der Waals surface area contributed by atoms with Crippen molar-refractivity contribution in [2.45, 2.75) is 58.5 Å². The van der Waals surface area contributed by atoms with Gasteiger partial charge in [-0.1, -0.05) is 49.5 Å². The Kier molecular flexibility index (Phi) is 8.68. The van der Waals surface area contributed by atoms with Gasteiger partial charge in [0.15, 0.2) is 0 Å². The molecule has 0 spiro atoms. The summed E-state index contributed by atoms with van der Waals surface area (Å²) in [5, 5.41) is 0. The summed E-state index contributed by atoms with van der Waals surface area (Å²) >= 11 is 0. The van der Waals surface area contributed by atoms with Crippen LogP contribution >= 0.6 is 7.92 Å². The molecule has 0 aromatic heterocycles. The van der Waals surface area contributed by atoms with Crippen LogP contribution in [0.15, 0.2) is 0 Å². The minimum absolute atomic E-state index is 0. The molecule has 0 amide bonds. The monoisotopic (exact) mass is 263 g/mol. The normalized spacial score (nSPS) is 11.5. The van der Waals surface area contributed by atoms with Gasteiger partial charge in [0, 0.05) is 19.5 Å². The van der Waals surface area contributed by atoms with Gasteiger partial charge in [0.05, 0.1) is 0 Å². The van der Waals surface area contributed by atoms with Crippen LogP contribution in [0.4, 0.5) is 0 Å². The van der Waals surface area contributed by atoms with E-state index in [-0.39, 0.29) is 27.4 Å². The average Bonchev–Trinajstić information content (AvgIpc) is 1.59. The summed E-state index contributed by atoms with van der Waals surface area (Å²) in [6.45, 7) is 14.1. The summed E-state index contributed by atoms with van der Waals surface area (Å²) in [7, 11) is 0.262. The van der Waals surface area contributed by atoms with E-state index in [1.54, 1.807) is 0 Å². The fourth-order valence-corrected chi connectivity index (χ4v) is 5.37. The van der Waals surface area contributed by atoms with E-state index >= 15 is 0 Å². The van der Waals surface area contributed by atoms with Gasteiger partial charge in [0.2, 0.25) is 0 Å². The first kappa shape index (κ1) is 14.6. The molecule has 0 aliphatic rings. The molecule has 11 heavy (non-hydrogen) atoms. The van der Waals surface area contributed by atoms with Crippen molar-refractivity contribution in [3.8, 4) is 0 Å². The van der Waals surface area contributed by atoms with Gasteiger partial charge in [-0.25, -0.2) is 0 Å². The minimum atomic E-state index is 0. The molecule has 0 fully saturated rings. The maximum absolute atomic E-state index is 2.35. The van der Waals surface area contributed by atoms with E-state index in [4.69, 9.17) is 0 Å².